The SMILES string of the molecule is NCC(CC1CCCCC1)N1CCCCc2ccccc21. The molecule has 2 aliphatic rings. The van der Waals surface area contributed by atoms with Gasteiger partial charge in [-0.1, -0.05) is 50.3 Å². The fourth-order valence-electron chi connectivity index (χ4n) is 4.26. The van der Waals surface area contributed by atoms with Crippen LogP contribution in [0, 0.1) is 5.92 Å². The molecule has 1 heterocycles. The van der Waals surface area contributed by atoms with Crippen molar-refractivity contribution in [2.75, 3.05) is 18.0 Å². The zero-order valence-electron chi connectivity index (χ0n) is 13.3. The molecule has 3 rings (SSSR count). The molecule has 1 saturated carbocycles. The van der Waals surface area contributed by atoms with Gasteiger partial charge in [0.15, 0.2) is 0 Å². The van der Waals surface area contributed by atoms with E-state index in [9.17, 15) is 0 Å². The Hall–Kier alpha value is -1.02. The highest BCUT2D eigenvalue weighted by atomic mass is 15.2. The first-order chi connectivity index (χ1) is 10.4. The van der Waals surface area contributed by atoms with Crippen molar-refractivity contribution in [1.82, 2.24) is 0 Å². The van der Waals surface area contributed by atoms with E-state index >= 15 is 0 Å². The van der Waals surface area contributed by atoms with Crippen molar-refractivity contribution in [2.24, 2.45) is 11.7 Å². The van der Waals surface area contributed by atoms with Crippen molar-refractivity contribution < 1.29 is 0 Å². The molecule has 1 unspecified atom stereocenters. The Morgan fingerprint density at radius 2 is 1.86 bits per heavy atom. The summed E-state index contributed by atoms with van der Waals surface area (Å²) in [6.07, 6.45) is 12.3. The van der Waals surface area contributed by atoms with Gasteiger partial charge in [0.1, 0.15) is 0 Å². The van der Waals surface area contributed by atoms with Crippen molar-refractivity contribution >= 4 is 5.69 Å². The quantitative estimate of drug-likeness (QED) is 0.902. The number of fused-ring (bicyclic) bond motifs is 1. The number of para-hydroxylation sites is 1. The Labute approximate surface area is 129 Å². The average Bonchev–Trinajstić information content (AvgIpc) is 2.76. The second-order valence-corrected chi connectivity index (χ2v) is 6.91. The lowest BCUT2D eigenvalue weighted by atomic mass is 9.84. The minimum atomic E-state index is 0.535. The highest BCUT2D eigenvalue weighted by Gasteiger charge is 2.25. The van der Waals surface area contributed by atoms with Crippen LogP contribution in [0.25, 0.3) is 0 Å². The maximum Gasteiger partial charge on any atom is 0.0415 e. The van der Waals surface area contributed by atoms with Crippen LogP contribution in [0.1, 0.15) is 56.9 Å². The number of nitrogens with zero attached hydrogens (tertiary/aromatic N) is 1. The molecule has 0 amide bonds. The molecule has 2 heteroatoms. The smallest absolute Gasteiger partial charge is 0.0415 e. The number of aryl methyl sites for hydroxylation is 1. The van der Waals surface area contributed by atoms with Crippen LogP contribution >= 0.6 is 0 Å². The Morgan fingerprint density at radius 1 is 1.05 bits per heavy atom. The van der Waals surface area contributed by atoms with Gasteiger partial charge in [0, 0.05) is 24.8 Å². The molecule has 0 spiro atoms. The predicted molar refractivity (Wildman–Crippen MR) is 90.8 cm³/mol. The fourth-order valence-corrected chi connectivity index (χ4v) is 4.26. The van der Waals surface area contributed by atoms with Crippen molar-refractivity contribution in [3.05, 3.63) is 29.8 Å². The van der Waals surface area contributed by atoms with E-state index in [1.54, 1.807) is 0 Å². The summed E-state index contributed by atoms with van der Waals surface area (Å²) in [5.41, 5.74) is 9.17. The lowest BCUT2D eigenvalue weighted by Gasteiger charge is -2.36. The van der Waals surface area contributed by atoms with Crippen LogP contribution in [0.2, 0.25) is 0 Å². The molecule has 1 aliphatic heterocycles. The summed E-state index contributed by atoms with van der Waals surface area (Å²) in [7, 11) is 0. The van der Waals surface area contributed by atoms with E-state index in [0.717, 1.165) is 12.5 Å². The van der Waals surface area contributed by atoms with Gasteiger partial charge in [0.05, 0.1) is 0 Å². The van der Waals surface area contributed by atoms with Gasteiger partial charge in [-0.2, -0.15) is 0 Å². The summed E-state index contributed by atoms with van der Waals surface area (Å²) in [6, 6.07) is 9.52. The molecule has 1 aromatic carbocycles. The first-order valence-electron chi connectivity index (χ1n) is 8.93. The molecular weight excluding hydrogens is 256 g/mol. The minimum Gasteiger partial charge on any atom is -0.367 e. The molecule has 1 aliphatic carbocycles. The van der Waals surface area contributed by atoms with Crippen LogP contribution < -0.4 is 10.6 Å². The van der Waals surface area contributed by atoms with Crippen LogP contribution in [0.4, 0.5) is 5.69 Å². The van der Waals surface area contributed by atoms with Crippen LogP contribution in [0.15, 0.2) is 24.3 Å². The number of hydrogen-bond donors (Lipinski definition) is 1. The largest absolute Gasteiger partial charge is 0.367 e. The number of nitrogens with two attached hydrogens (primary N) is 1. The zero-order valence-corrected chi connectivity index (χ0v) is 13.3. The Balaban J connectivity index is 1.76. The summed E-state index contributed by atoms with van der Waals surface area (Å²) in [5, 5.41) is 0. The van der Waals surface area contributed by atoms with Crippen LogP contribution in [-0.4, -0.2) is 19.1 Å². The van der Waals surface area contributed by atoms with Crippen LogP contribution in [0.3, 0.4) is 0 Å². The molecule has 116 valence electrons. The first-order valence-corrected chi connectivity index (χ1v) is 8.93. The summed E-state index contributed by atoms with van der Waals surface area (Å²) in [6.45, 7) is 1.98. The van der Waals surface area contributed by atoms with Crippen molar-refractivity contribution in [3.63, 3.8) is 0 Å². The third-order valence-electron chi connectivity index (χ3n) is 5.44. The lowest BCUT2D eigenvalue weighted by Crippen LogP contribution is -2.42. The highest BCUT2D eigenvalue weighted by molar-refractivity contribution is 5.55. The summed E-state index contributed by atoms with van der Waals surface area (Å²) in [4.78, 5) is 2.64. The van der Waals surface area contributed by atoms with E-state index in [2.05, 4.69) is 29.2 Å². The molecule has 0 radical (unpaired) electrons. The molecule has 0 aromatic heterocycles. The number of hydrogen-bond acceptors (Lipinski definition) is 2. The Bertz CT molecular complexity index is 437. The van der Waals surface area contributed by atoms with Gasteiger partial charge in [-0.25, -0.2) is 0 Å². The molecule has 1 atom stereocenters. The average molecular weight is 286 g/mol. The molecular formula is C19H30N2. The van der Waals surface area contributed by atoms with E-state index < -0.39 is 0 Å². The van der Waals surface area contributed by atoms with Gasteiger partial charge in [-0.3, -0.25) is 0 Å². The van der Waals surface area contributed by atoms with Gasteiger partial charge >= 0.3 is 0 Å². The van der Waals surface area contributed by atoms with Gasteiger partial charge in [0.2, 0.25) is 0 Å². The highest BCUT2D eigenvalue weighted by Crippen LogP contribution is 2.32. The molecule has 1 fully saturated rings. The molecule has 0 bridgehead atoms. The maximum atomic E-state index is 6.19. The van der Waals surface area contributed by atoms with E-state index in [1.807, 2.05) is 0 Å². The van der Waals surface area contributed by atoms with Crippen molar-refractivity contribution in [2.45, 2.75) is 63.8 Å². The van der Waals surface area contributed by atoms with Gasteiger partial charge in [-0.05, 0) is 43.2 Å². The van der Waals surface area contributed by atoms with Crippen LogP contribution in [0.5, 0.6) is 0 Å². The predicted octanol–water partition coefficient (Wildman–Crippen LogP) is 4.13. The molecule has 0 saturated heterocycles. The molecule has 21 heavy (non-hydrogen) atoms. The van der Waals surface area contributed by atoms with Gasteiger partial charge in [-0.15, -0.1) is 0 Å². The van der Waals surface area contributed by atoms with Gasteiger partial charge in [0.25, 0.3) is 0 Å². The topological polar surface area (TPSA) is 29.3 Å². The van der Waals surface area contributed by atoms with Gasteiger partial charge < -0.3 is 10.6 Å². The fraction of sp³-hybridized carbons (Fsp3) is 0.684. The van der Waals surface area contributed by atoms with E-state index in [0.29, 0.717) is 6.04 Å². The number of anilines is 1. The molecule has 1 aromatic rings. The standard InChI is InChI=1S/C19H30N2/c20-15-18(14-16-8-2-1-3-9-16)21-13-7-6-11-17-10-4-5-12-19(17)21/h4-5,10,12,16,18H,1-3,6-9,11,13-15,20H2. The van der Waals surface area contributed by atoms with E-state index in [1.165, 1.54) is 75.6 Å². The Kier molecular flexibility index (Phi) is 5.18. The second kappa shape index (κ2) is 7.31. The lowest BCUT2D eigenvalue weighted by molar-refractivity contribution is 0.313. The summed E-state index contributed by atoms with van der Waals surface area (Å²) >= 11 is 0. The second-order valence-electron chi connectivity index (χ2n) is 6.91. The number of rotatable bonds is 4. The third-order valence-corrected chi connectivity index (χ3v) is 5.44. The molecule has 2 N–H and O–H groups in total. The first kappa shape index (κ1) is 14.9. The molecule has 2 nitrogen and oxygen atoms in total. The monoisotopic (exact) mass is 286 g/mol. The minimum absolute atomic E-state index is 0.535. The third kappa shape index (κ3) is 3.60. The number of benzene rings is 1. The summed E-state index contributed by atoms with van der Waals surface area (Å²) < 4.78 is 0. The van der Waals surface area contributed by atoms with Crippen LogP contribution in [-0.2, 0) is 6.42 Å². The Morgan fingerprint density at radius 3 is 2.67 bits per heavy atom. The van der Waals surface area contributed by atoms with Crippen molar-refractivity contribution in [3.8, 4) is 0 Å². The summed E-state index contributed by atoms with van der Waals surface area (Å²) in [5.74, 6) is 0.905. The maximum absolute atomic E-state index is 6.19. The van der Waals surface area contributed by atoms with E-state index in [4.69, 9.17) is 5.73 Å². The normalized spacial score (nSPS) is 21.7. The zero-order chi connectivity index (χ0) is 14.5. The van der Waals surface area contributed by atoms with E-state index in [-0.39, 0.29) is 0 Å². The van der Waals surface area contributed by atoms with Crippen molar-refractivity contribution in [1.29, 1.82) is 0 Å².